The van der Waals surface area contributed by atoms with Crippen LogP contribution in [0.5, 0.6) is 5.75 Å². The summed E-state index contributed by atoms with van der Waals surface area (Å²) in [7, 11) is -3.62. The number of nitrogens with zero attached hydrogens (tertiary/aromatic N) is 2. The Hall–Kier alpha value is -2.42. The zero-order valence-corrected chi connectivity index (χ0v) is 20.7. The lowest BCUT2D eigenvalue weighted by Gasteiger charge is -2.26. The fourth-order valence-electron chi connectivity index (χ4n) is 3.96. The number of anilines is 1. The van der Waals surface area contributed by atoms with Crippen LogP contribution < -0.4 is 10.1 Å². The third-order valence-corrected chi connectivity index (χ3v) is 7.86. The SMILES string of the molecule is CCOc1ccc(S(=O)(=O)N2CCCCC2)cc1NC(=O)c1ccc(CN(CC)CC)cc1. The van der Waals surface area contributed by atoms with Crippen molar-refractivity contribution in [1.82, 2.24) is 9.21 Å². The quantitative estimate of drug-likeness (QED) is 0.555. The lowest BCUT2D eigenvalue weighted by molar-refractivity contribution is 0.102. The summed E-state index contributed by atoms with van der Waals surface area (Å²) in [5.41, 5.74) is 2.00. The molecule has 1 heterocycles. The predicted molar refractivity (Wildman–Crippen MR) is 131 cm³/mol. The summed E-state index contributed by atoms with van der Waals surface area (Å²) < 4.78 is 33.4. The average Bonchev–Trinajstić information content (AvgIpc) is 2.84. The molecular weight excluding hydrogens is 438 g/mol. The Balaban J connectivity index is 1.81. The van der Waals surface area contributed by atoms with Gasteiger partial charge in [0.25, 0.3) is 5.91 Å². The first-order chi connectivity index (χ1) is 15.9. The largest absolute Gasteiger partial charge is 0.492 e. The van der Waals surface area contributed by atoms with Crippen LogP contribution in [0.4, 0.5) is 5.69 Å². The third kappa shape index (κ3) is 6.34. The van der Waals surface area contributed by atoms with Crippen LogP contribution in [0.2, 0.25) is 0 Å². The first kappa shape index (κ1) is 25.2. The zero-order chi connectivity index (χ0) is 23.8. The monoisotopic (exact) mass is 473 g/mol. The molecule has 7 nitrogen and oxygen atoms in total. The standard InChI is InChI=1S/C25H35N3O4S/c1-4-27(5-2)19-20-10-12-21(13-11-20)25(29)26-23-18-22(14-15-24(23)32-6-3)33(30,31)28-16-8-7-9-17-28/h10-15,18H,4-9,16-17,19H2,1-3H3,(H,26,29). The van der Waals surface area contributed by atoms with Gasteiger partial charge in [0.15, 0.2) is 0 Å². The Bertz CT molecular complexity index is 1030. The number of piperidine rings is 1. The molecule has 2 aromatic rings. The smallest absolute Gasteiger partial charge is 0.255 e. The molecule has 1 amide bonds. The molecule has 180 valence electrons. The van der Waals surface area contributed by atoms with Gasteiger partial charge in [0.1, 0.15) is 5.75 Å². The van der Waals surface area contributed by atoms with Crippen LogP contribution in [0.1, 0.15) is 56.0 Å². The minimum absolute atomic E-state index is 0.165. The topological polar surface area (TPSA) is 79.0 Å². The molecule has 2 aromatic carbocycles. The van der Waals surface area contributed by atoms with Crippen LogP contribution >= 0.6 is 0 Å². The van der Waals surface area contributed by atoms with E-state index in [0.29, 0.717) is 36.7 Å². The van der Waals surface area contributed by atoms with E-state index in [4.69, 9.17) is 4.74 Å². The van der Waals surface area contributed by atoms with Crippen molar-refractivity contribution in [1.29, 1.82) is 0 Å². The highest BCUT2D eigenvalue weighted by molar-refractivity contribution is 7.89. The van der Waals surface area contributed by atoms with E-state index in [9.17, 15) is 13.2 Å². The molecule has 0 bridgehead atoms. The molecule has 0 aliphatic carbocycles. The molecule has 0 unspecified atom stereocenters. The van der Waals surface area contributed by atoms with Crippen LogP contribution in [-0.4, -0.2) is 56.3 Å². The number of nitrogens with one attached hydrogen (secondary N) is 1. The molecule has 1 fully saturated rings. The molecule has 33 heavy (non-hydrogen) atoms. The number of benzene rings is 2. The first-order valence-electron chi connectivity index (χ1n) is 11.8. The maximum atomic E-state index is 13.1. The summed E-state index contributed by atoms with van der Waals surface area (Å²) in [5, 5.41) is 2.85. The summed E-state index contributed by atoms with van der Waals surface area (Å²) in [6.45, 7) is 10.3. The highest BCUT2D eigenvalue weighted by atomic mass is 32.2. The number of sulfonamides is 1. The number of ether oxygens (including phenoxy) is 1. The van der Waals surface area contributed by atoms with Gasteiger partial charge in [-0.3, -0.25) is 9.69 Å². The normalized spacial score (nSPS) is 14.9. The summed E-state index contributed by atoms with van der Waals surface area (Å²) in [4.78, 5) is 15.4. The predicted octanol–water partition coefficient (Wildman–Crippen LogP) is 4.35. The number of carbonyl (C=O) groups excluding carboxylic acids is 1. The van der Waals surface area contributed by atoms with E-state index in [1.54, 1.807) is 24.3 Å². The van der Waals surface area contributed by atoms with Crippen LogP contribution in [0.15, 0.2) is 47.4 Å². The summed E-state index contributed by atoms with van der Waals surface area (Å²) in [6, 6.07) is 12.2. The Kier molecular flexibility index (Phi) is 8.88. The molecule has 1 saturated heterocycles. The number of hydrogen-bond acceptors (Lipinski definition) is 5. The van der Waals surface area contributed by atoms with E-state index in [0.717, 1.165) is 44.5 Å². The van der Waals surface area contributed by atoms with Crippen LogP contribution in [0.3, 0.4) is 0 Å². The van der Waals surface area contributed by atoms with Crippen molar-refractivity contribution in [2.75, 3.05) is 38.1 Å². The van der Waals surface area contributed by atoms with E-state index < -0.39 is 10.0 Å². The molecule has 0 saturated carbocycles. The maximum Gasteiger partial charge on any atom is 0.255 e. The van der Waals surface area contributed by atoms with Gasteiger partial charge in [-0.05, 0) is 68.8 Å². The minimum atomic E-state index is -3.62. The molecular formula is C25H35N3O4S. The molecule has 1 aliphatic rings. The summed E-state index contributed by atoms with van der Waals surface area (Å²) in [5.74, 6) is 0.138. The second-order valence-electron chi connectivity index (χ2n) is 8.17. The van der Waals surface area contributed by atoms with Gasteiger partial charge in [0, 0.05) is 25.2 Å². The highest BCUT2D eigenvalue weighted by Gasteiger charge is 2.27. The molecule has 1 N–H and O–H groups in total. The van der Waals surface area contributed by atoms with Gasteiger partial charge in [-0.1, -0.05) is 32.4 Å². The molecule has 0 atom stereocenters. The number of amides is 1. The van der Waals surface area contributed by atoms with Crippen molar-refractivity contribution in [2.24, 2.45) is 0 Å². The molecule has 0 spiro atoms. The second kappa shape index (κ2) is 11.6. The average molecular weight is 474 g/mol. The Morgan fingerprint density at radius 3 is 2.27 bits per heavy atom. The van der Waals surface area contributed by atoms with Crippen LogP contribution in [0, 0.1) is 0 Å². The van der Waals surface area contributed by atoms with Gasteiger partial charge in [-0.15, -0.1) is 0 Å². The van der Waals surface area contributed by atoms with Gasteiger partial charge in [0.05, 0.1) is 17.2 Å². The van der Waals surface area contributed by atoms with Crippen molar-refractivity contribution in [3.63, 3.8) is 0 Å². The van der Waals surface area contributed by atoms with Crippen molar-refractivity contribution in [3.05, 3.63) is 53.6 Å². The summed E-state index contributed by atoms with van der Waals surface area (Å²) in [6.07, 6.45) is 2.78. The second-order valence-corrected chi connectivity index (χ2v) is 10.1. The Morgan fingerprint density at radius 1 is 1.00 bits per heavy atom. The van der Waals surface area contributed by atoms with Crippen molar-refractivity contribution < 1.29 is 17.9 Å². The third-order valence-electron chi connectivity index (χ3n) is 5.97. The molecule has 0 aromatic heterocycles. The Labute approximate surface area is 197 Å². The molecule has 0 radical (unpaired) electrons. The van der Waals surface area contributed by atoms with E-state index in [2.05, 4.69) is 24.1 Å². The van der Waals surface area contributed by atoms with Gasteiger partial charge < -0.3 is 10.1 Å². The minimum Gasteiger partial charge on any atom is -0.492 e. The molecule has 3 rings (SSSR count). The van der Waals surface area contributed by atoms with Crippen molar-refractivity contribution >= 4 is 21.6 Å². The van der Waals surface area contributed by atoms with E-state index in [1.807, 2.05) is 19.1 Å². The van der Waals surface area contributed by atoms with Crippen molar-refractivity contribution in [2.45, 2.75) is 51.5 Å². The van der Waals surface area contributed by atoms with E-state index in [-0.39, 0.29) is 10.8 Å². The Morgan fingerprint density at radius 2 is 1.67 bits per heavy atom. The van der Waals surface area contributed by atoms with Crippen LogP contribution in [-0.2, 0) is 16.6 Å². The van der Waals surface area contributed by atoms with Gasteiger partial charge >= 0.3 is 0 Å². The van der Waals surface area contributed by atoms with E-state index in [1.165, 1.54) is 10.4 Å². The summed E-state index contributed by atoms with van der Waals surface area (Å²) >= 11 is 0. The van der Waals surface area contributed by atoms with E-state index >= 15 is 0 Å². The molecule has 8 heteroatoms. The lowest BCUT2D eigenvalue weighted by atomic mass is 10.1. The number of carbonyl (C=O) groups is 1. The fraction of sp³-hybridized carbons (Fsp3) is 0.480. The van der Waals surface area contributed by atoms with Crippen molar-refractivity contribution in [3.8, 4) is 5.75 Å². The van der Waals surface area contributed by atoms with Gasteiger partial charge in [0.2, 0.25) is 10.0 Å². The van der Waals surface area contributed by atoms with Crippen LogP contribution in [0.25, 0.3) is 0 Å². The molecule has 1 aliphatic heterocycles. The zero-order valence-electron chi connectivity index (χ0n) is 19.8. The van der Waals surface area contributed by atoms with Gasteiger partial charge in [-0.2, -0.15) is 4.31 Å². The maximum absolute atomic E-state index is 13.1. The lowest BCUT2D eigenvalue weighted by Crippen LogP contribution is -2.35. The number of hydrogen-bond donors (Lipinski definition) is 1. The highest BCUT2D eigenvalue weighted by Crippen LogP contribution is 2.30. The number of rotatable bonds is 10. The first-order valence-corrected chi connectivity index (χ1v) is 13.2. The van der Waals surface area contributed by atoms with Gasteiger partial charge in [-0.25, -0.2) is 8.42 Å². The fourth-order valence-corrected chi connectivity index (χ4v) is 5.51.